The minimum absolute atomic E-state index is 0.00188. The molecular weight excluding hydrogens is 398 g/mol. The van der Waals surface area contributed by atoms with Gasteiger partial charge < -0.3 is 10.2 Å². The Balaban J connectivity index is 2.12. The quantitative estimate of drug-likeness (QED) is 0.671. The third kappa shape index (κ3) is 3.80. The molecule has 0 bridgehead atoms. The number of hydrogen-bond donors (Lipinski definition) is 2. The van der Waals surface area contributed by atoms with E-state index in [2.05, 4.69) is 0 Å². The second-order valence-electron chi connectivity index (χ2n) is 7.04. The summed E-state index contributed by atoms with van der Waals surface area (Å²) in [7, 11) is 0. The SMILES string of the molecule is N#Cc1ccc(CC(O)(C(c2cc(F)ccc2O)C2CC2)C(F)(F)F)c(Cl)c1. The van der Waals surface area contributed by atoms with Gasteiger partial charge in [0.25, 0.3) is 0 Å². The van der Waals surface area contributed by atoms with Gasteiger partial charge >= 0.3 is 6.18 Å². The standard InChI is InChI=1S/C20H16ClF4NO2/c21-16-7-11(10-26)1-2-13(16)9-19(28,20(23,24)25)18(12-3-4-12)15-8-14(22)5-6-17(15)27/h1-2,5-8,12,18,27-28H,3-4,9H2. The van der Waals surface area contributed by atoms with Crippen molar-refractivity contribution >= 4 is 11.6 Å². The van der Waals surface area contributed by atoms with E-state index in [0.29, 0.717) is 12.8 Å². The number of halogens is 5. The lowest BCUT2D eigenvalue weighted by molar-refractivity contribution is -0.270. The van der Waals surface area contributed by atoms with Gasteiger partial charge in [0.05, 0.1) is 11.6 Å². The zero-order valence-corrected chi connectivity index (χ0v) is 15.2. The molecule has 1 saturated carbocycles. The molecule has 0 aliphatic heterocycles. The molecule has 2 atom stereocenters. The number of rotatable bonds is 5. The maximum absolute atomic E-state index is 14.1. The highest BCUT2D eigenvalue weighted by Gasteiger charge is 2.62. The zero-order chi connectivity index (χ0) is 20.7. The molecule has 2 N–H and O–H groups in total. The van der Waals surface area contributed by atoms with Crippen LogP contribution in [-0.2, 0) is 6.42 Å². The lowest BCUT2D eigenvalue weighted by Gasteiger charge is -2.39. The maximum Gasteiger partial charge on any atom is 0.418 e. The van der Waals surface area contributed by atoms with Crippen molar-refractivity contribution in [3.05, 3.63) is 63.9 Å². The first-order chi connectivity index (χ1) is 13.1. The summed E-state index contributed by atoms with van der Waals surface area (Å²) in [4.78, 5) is 0. The lowest BCUT2D eigenvalue weighted by atomic mass is 9.74. The molecule has 8 heteroatoms. The third-order valence-corrected chi connectivity index (χ3v) is 5.42. The highest BCUT2D eigenvalue weighted by atomic mass is 35.5. The van der Waals surface area contributed by atoms with Gasteiger partial charge in [-0.1, -0.05) is 17.7 Å². The highest BCUT2D eigenvalue weighted by Crippen LogP contribution is 2.56. The van der Waals surface area contributed by atoms with Crippen LogP contribution in [0.25, 0.3) is 0 Å². The third-order valence-electron chi connectivity index (χ3n) is 5.07. The van der Waals surface area contributed by atoms with Gasteiger partial charge in [0, 0.05) is 22.9 Å². The van der Waals surface area contributed by atoms with Crippen LogP contribution in [0.1, 0.15) is 35.4 Å². The summed E-state index contributed by atoms with van der Waals surface area (Å²) in [6, 6.07) is 8.37. The summed E-state index contributed by atoms with van der Waals surface area (Å²) in [5.74, 6) is -3.43. The van der Waals surface area contributed by atoms with Crippen LogP contribution in [0.5, 0.6) is 5.75 Å². The Morgan fingerprint density at radius 1 is 1.18 bits per heavy atom. The molecule has 0 aromatic heterocycles. The normalized spacial score (nSPS) is 17.6. The van der Waals surface area contributed by atoms with Crippen LogP contribution in [0.2, 0.25) is 5.02 Å². The van der Waals surface area contributed by atoms with Crippen molar-refractivity contribution in [1.82, 2.24) is 0 Å². The first-order valence-electron chi connectivity index (χ1n) is 8.53. The fourth-order valence-electron chi connectivity index (χ4n) is 3.54. The molecule has 3 nitrogen and oxygen atoms in total. The predicted octanol–water partition coefficient (Wildman–Crippen LogP) is 5.09. The van der Waals surface area contributed by atoms with Crippen molar-refractivity contribution in [3.8, 4) is 11.8 Å². The first-order valence-corrected chi connectivity index (χ1v) is 8.90. The largest absolute Gasteiger partial charge is 0.508 e. The molecule has 0 radical (unpaired) electrons. The zero-order valence-electron chi connectivity index (χ0n) is 14.5. The molecule has 3 rings (SSSR count). The Labute approximate surface area is 163 Å². The van der Waals surface area contributed by atoms with Crippen LogP contribution in [0.15, 0.2) is 36.4 Å². The topological polar surface area (TPSA) is 64.2 Å². The van der Waals surface area contributed by atoms with Gasteiger partial charge in [0.2, 0.25) is 0 Å². The number of benzene rings is 2. The smallest absolute Gasteiger partial charge is 0.418 e. The van der Waals surface area contributed by atoms with E-state index in [1.165, 1.54) is 18.2 Å². The lowest BCUT2D eigenvalue weighted by Crippen LogP contribution is -2.52. The van der Waals surface area contributed by atoms with Crippen LogP contribution in [0.3, 0.4) is 0 Å². The van der Waals surface area contributed by atoms with Gasteiger partial charge in [-0.15, -0.1) is 0 Å². The van der Waals surface area contributed by atoms with E-state index in [0.717, 1.165) is 18.2 Å². The fourth-order valence-corrected chi connectivity index (χ4v) is 3.79. The van der Waals surface area contributed by atoms with Crippen molar-refractivity contribution < 1.29 is 27.8 Å². The van der Waals surface area contributed by atoms with Crippen LogP contribution in [0.4, 0.5) is 17.6 Å². The van der Waals surface area contributed by atoms with Gasteiger partial charge in [-0.3, -0.25) is 0 Å². The van der Waals surface area contributed by atoms with Crippen LogP contribution in [0, 0.1) is 23.1 Å². The van der Waals surface area contributed by atoms with Crippen LogP contribution < -0.4 is 0 Å². The van der Waals surface area contributed by atoms with E-state index in [9.17, 15) is 27.8 Å². The van der Waals surface area contributed by atoms with Gasteiger partial charge in [-0.25, -0.2) is 4.39 Å². The molecule has 0 heterocycles. The molecule has 0 amide bonds. The number of aliphatic hydroxyl groups is 1. The van der Waals surface area contributed by atoms with Crippen molar-refractivity contribution in [3.63, 3.8) is 0 Å². The molecule has 0 spiro atoms. The van der Waals surface area contributed by atoms with Crippen molar-refractivity contribution in [2.45, 2.75) is 37.0 Å². The Bertz CT molecular complexity index is 937. The van der Waals surface area contributed by atoms with Gasteiger partial charge in [0.15, 0.2) is 5.60 Å². The number of alkyl halides is 3. The molecule has 1 aliphatic rings. The van der Waals surface area contributed by atoms with Crippen molar-refractivity contribution in [2.24, 2.45) is 5.92 Å². The summed E-state index contributed by atoms with van der Waals surface area (Å²) >= 11 is 6.03. The Morgan fingerprint density at radius 2 is 1.86 bits per heavy atom. The van der Waals surface area contributed by atoms with Gasteiger partial charge in [-0.05, 0) is 54.7 Å². The van der Waals surface area contributed by atoms with E-state index in [4.69, 9.17) is 16.9 Å². The van der Waals surface area contributed by atoms with Gasteiger partial charge in [-0.2, -0.15) is 18.4 Å². The number of phenolic OH excluding ortho intramolecular Hbond substituents is 1. The van der Waals surface area contributed by atoms with E-state index in [1.807, 2.05) is 6.07 Å². The highest BCUT2D eigenvalue weighted by molar-refractivity contribution is 6.31. The Kier molecular flexibility index (Phi) is 5.30. The molecule has 2 aromatic rings. The minimum Gasteiger partial charge on any atom is -0.508 e. The van der Waals surface area contributed by atoms with Crippen LogP contribution in [-0.4, -0.2) is 22.0 Å². The fraction of sp³-hybridized carbons (Fsp3) is 0.350. The second-order valence-corrected chi connectivity index (χ2v) is 7.44. The monoisotopic (exact) mass is 413 g/mol. The first kappa shape index (κ1) is 20.4. The average molecular weight is 414 g/mol. The molecule has 28 heavy (non-hydrogen) atoms. The summed E-state index contributed by atoms with van der Waals surface area (Å²) < 4.78 is 56.0. The number of aromatic hydroxyl groups is 1. The predicted molar refractivity (Wildman–Crippen MR) is 94.4 cm³/mol. The molecular formula is C20H16ClF4NO2. The van der Waals surface area contributed by atoms with E-state index in [1.54, 1.807) is 0 Å². The summed E-state index contributed by atoms with van der Waals surface area (Å²) in [5.41, 5.74) is -3.39. The molecule has 2 unspecified atom stereocenters. The molecule has 148 valence electrons. The van der Waals surface area contributed by atoms with E-state index in [-0.39, 0.29) is 21.7 Å². The van der Waals surface area contributed by atoms with Gasteiger partial charge in [0.1, 0.15) is 11.6 Å². The van der Waals surface area contributed by atoms with Crippen molar-refractivity contribution in [2.75, 3.05) is 0 Å². The minimum atomic E-state index is -5.07. The van der Waals surface area contributed by atoms with E-state index >= 15 is 0 Å². The van der Waals surface area contributed by atoms with Crippen LogP contribution >= 0.6 is 11.6 Å². The Morgan fingerprint density at radius 3 is 2.39 bits per heavy atom. The van der Waals surface area contributed by atoms with Crippen molar-refractivity contribution in [1.29, 1.82) is 5.26 Å². The average Bonchev–Trinajstić information content (AvgIpc) is 3.44. The number of hydrogen-bond acceptors (Lipinski definition) is 3. The number of nitrogens with zero attached hydrogens (tertiary/aromatic N) is 1. The Hall–Kier alpha value is -2.30. The second kappa shape index (κ2) is 7.26. The number of nitriles is 1. The molecule has 1 fully saturated rings. The maximum atomic E-state index is 14.1. The summed E-state index contributed by atoms with van der Waals surface area (Å²) in [5, 5.41) is 29.8. The molecule has 1 aliphatic carbocycles. The molecule has 0 saturated heterocycles. The summed E-state index contributed by atoms with van der Waals surface area (Å²) in [6.07, 6.45) is -5.13. The van der Waals surface area contributed by atoms with E-state index < -0.39 is 41.6 Å². The summed E-state index contributed by atoms with van der Waals surface area (Å²) in [6.45, 7) is 0. The number of phenols is 1. The molecule has 2 aromatic carbocycles.